The molecule has 1 aromatic heterocycles. The molecule has 0 radical (unpaired) electrons. The largest absolute Gasteiger partial charge is 0.322 e. The number of pyridine rings is 1. The molecule has 0 aliphatic rings. The van der Waals surface area contributed by atoms with E-state index in [9.17, 15) is 13.2 Å². The number of aromatic amines is 1. The molecule has 0 atom stereocenters. The van der Waals surface area contributed by atoms with Crippen molar-refractivity contribution in [1.82, 2.24) is 9.71 Å². The van der Waals surface area contributed by atoms with Gasteiger partial charge in [-0.15, -0.1) is 0 Å². The third-order valence-corrected chi connectivity index (χ3v) is 6.02. The number of aryl methyl sites for hydroxylation is 2. The number of aromatic nitrogens is 1. The highest BCUT2D eigenvalue weighted by molar-refractivity contribution is 7.89. The topological polar surface area (TPSA) is 79.0 Å². The Kier molecular flexibility index (Phi) is 4.69. The van der Waals surface area contributed by atoms with Crippen LogP contribution in [0.1, 0.15) is 16.7 Å². The number of sulfonamides is 1. The Morgan fingerprint density at radius 3 is 2.48 bits per heavy atom. The monoisotopic (exact) mass is 376 g/mol. The molecule has 0 spiro atoms. The van der Waals surface area contributed by atoms with Gasteiger partial charge in [0.2, 0.25) is 10.0 Å². The maximum atomic E-state index is 12.4. The molecular weight excluding hydrogens is 360 g/mol. The summed E-state index contributed by atoms with van der Waals surface area (Å²) in [5.41, 5.74) is 2.92. The van der Waals surface area contributed by atoms with Crippen LogP contribution in [0.25, 0.3) is 10.9 Å². The third kappa shape index (κ3) is 3.61. The van der Waals surface area contributed by atoms with Gasteiger partial charge < -0.3 is 4.98 Å². The van der Waals surface area contributed by atoms with Crippen LogP contribution in [-0.4, -0.2) is 13.4 Å². The lowest BCUT2D eigenvalue weighted by Gasteiger charge is -2.09. The van der Waals surface area contributed by atoms with Crippen molar-refractivity contribution in [2.24, 2.45) is 0 Å². The third-order valence-electron chi connectivity index (χ3n) is 4.11. The van der Waals surface area contributed by atoms with Gasteiger partial charge in [-0.05, 0) is 60.7 Å². The fraction of sp³-hybridized carbons (Fsp3) is 0.167. The van der Waals surface area contributed by atoms with Gasteiger partial charge in [0.1, 0.15) is 4.90 Å². The molecule has 5 nitrogen and oxygen atoms in total. The van der Waals surface area contributed by atoms with Crippen LogP contribution >= 0.6 is 11.6 Å². The molecule has 0 unspecified atom stereocenters. The van der Waals surface area contributed by atoms with E-state index in [2.05, 4.69) is 9.71 Å². The van der Waals surface area contributed by atoms with Crippen LogP contribution in [-0.2, 0) is 16.6 Å². The Morgan fingerprint density at radius 2 is 1.76 bits per heavy atom. The smallest absolute Gasteiger partial charge is 0.252 e. The van der Waals surface area contributed by atoms with E-state index < -0.39 is 10.0 Å². The van der Waals surface area contributed by atoms with Gasteiger partial charge in [-0.25, -0.2) is 13.1 Å². The van der Waals surface area contributed by atoms with Crippen molar-refractivity contribution in [3.63, 3.8) is 0 Å². The molecule has 7 heteroatoms. The van der Waals surface area contributed by atoms with E-state index in [0.717, 1.165) is 22.0 Å². The van der Waals surface area contributed by atoms with Gasteiger partial charge in [-0.1, -0.05) is 23.7 Å². The Hall–Kier alpha value is -2.15. The van der Waals surface area contributed by atoms with Gasteiger partial charge in [0.05, 0.1) is 5.02 Å². The normalized spacial score (nSPS) is 11.8. The molecule has 0 aliphatic carbocycles. The van der Waals surface area contributed by atoms with Gasteiger partial charge >= 0.3 is 0 Å². The van der Waals surface area contributed by atoms with E-state index in [-0.39, 0.29) is 22.0 Å². The number of hydrogen-bond acceptors (Lipinski definition) is 3. The Bertz CT molecular complexity index is 1120. The minimum absolute atomic E-state index is 0.0136. The number of hydrogen-bond donors (Lipinski definition) is 2. The van der Waals surface area contributed by atoms with Gasteiger partial charge in [-0.2, -0.15) is 0 Å². The fourth-order valence-corrected chi connectivity index (χ4v) is 4.09. The molecule has 1 heterocycles. The van der Waals surface area contributed by atoms with Crippen LogP contribution in [0.5, 0.6) is 0 Å². The zero-order valence-corrected chi connectivity index (χ0v) is 15.3. The molecule has 0 saturated heterocycles. The first-order valence-electron chi connectivity index (χ1n) is 7.65. The van der Waals surface area contributed by atoms with E-state index in [1.807, 2.05) is 26.0 Å². The summed E-state index contributed by atoms with van der Waals surface area (Å²) in [6.07, 6.45) is 0. The molecule has 3 rings (SSSR count). The van der Waals surface area contributed by atoms with Crippen molar-refractivity contribution >= 4 is 32.5 Å². The predicted molar refractivity (Wildman–Crippen MR) is 99.5 cm³/mol. The first-order chi connectivity index (χ1) is 11.8. The van der Waals surface area contributed by atoms with Crippen LogP contribution in [0, 0.1) is 13.8 Å². The molecule has 0 aliphatic heterocycles. The molecule has 0 fully saturated rings. The predicted octanol–water partition coefficient (Wildman–Crippen LogP) is 3.28. The lowest BCUT2D eigenvalue weighted by molar-refractivity contribution is 0.581. The fourth-order valence-electron chi connectivity index (χ4n) is 2.57. The highest BCUT2D eigenvalue weighted by Crippen LogP contribution is 2.21. The lowest BCUT2D eigenvalue weighted by atomic mass is 10.1. The summed E-state index contributed by atoms with van der Waals surface area (Å²) in [7, 11) is -3.81. The van der Waals surface area contributed by atoms with Gasteiger partial charge in [0.15, 0.2) is 0 Å². The summed E-state index contributed by atoms with van der Waals surface area (Å²) < 4.78 is 27.2. The Labute approximate surface area is 150 Å². The number of H-pyrrole nitrogens is 1. The number of fused-ring (bicyclic) bond motifs is 1. The quantitative estimate of drug-likeness (QED) is 0.733. The van der Waals surface area contributed by atoms with Crippen LogP contribution in [0.2, 0.25) is 5.02 Å². The van der Waals surface area contributed by atoms with Crippen molar-refractivity contribution < 1.29 is 8.42 Å². The van der Waals surface area contributed by atoms with Crippen LogP contribution in [0.15, 0.2) is 52.2 Å². The maximum Gasteiger partial charge on any atom is 0.252 e. The SMILES string of the molecule is Cc1cc2cc(CNS(=O)(=O)c3ccccc3Cl)c(=O)[nH]c2cc1C. The van der Waals surface area contributed by atoms with Crippen molar-refractivity contribution in [2.75, 3.05) is 0 Å². The highest BCUT2D eigenvalue weighted by atomic mass is 35.5. The zero-order valence-electron chi connectivity index (χ0n) is 13.8. The minimum atomic E-state index is -3.81. The van der Waals surface area contributed by atoms with Gasteiger partial charge in [0.25, 0.3) is 5.56 Å². The molecule has 3 aromatic rings. The number of benzene rings is 2. The number of halogens is 1. The first kappa shape index (κ1) is 17.7. The van der Waals surface area contributed by atoms with Crippen molar-refractivity contribution in [1.29, 1.82) is 0 Å². The molecule has 25 heavy (non-hydrogen) atoms. The van der Waals surface area contributed by atoms with Gasteiger partial charge in [0, 0.05) is 17.6 Å². The van der Waals surface area contributed by atoms with E-state index >= 15 is 0 Å². The molecule has 0 saturated carbocycles. The zero-order chi connectivity index (χ0) is 18.2. The van der Waals surface area contributed by atoms with Crippen LogP contribution < -0.4 is 10.3 Å². The first-order valence-corrected chi connectivity index (χ1v) is 9.51. The van der Waals surface area contributed by atoms with Crippen LogP contribution in [0.3, 0.4) is 0 Å². The Balaban J connectivity index is 1.93. The lowest BCUT2D eigenvalue weighted by Crippen LogP contribution is -2.27. The molecule has 2 aromatic carbocycles. The summed E-state index contributed by atoms with van der Waals surface area (Å²) >= 11 is 5.95. The summed E-state index contributed by atoms with van der Waals surface area (Å²) in [6, 6.07) is 11.7. The second-order valence-electron chi connectivity index (χ2n) is 5.90. The molecule has 0 amide bonds. The maximum absolute atomic E-state index is 12.4. The summed E-state index contributed by atoms with van der Waals surface area (Å²) in [4.78, 5) is 15.0. The average molecular weight is 377 g/mol. The molecule has 0 bridgehead atoms. The molecular formula is C18H17ClN2O3S. The summed E-state index contributed by atoms with van der Waals surface area (Å²) in [5.74, 6) is 0. The van der Waals surface area contributed by atoms with E-state index in [1.165, 1.54) is 12.1 Å². The van der Waals surface area contributed by atoms with Gasteiger partial charge in [-0.3, -0.25) is 4.79 Å². The standard InChI is InChI=1S/C18H17ClN2O3S/c1-11-7-13-9-14(18(22)21-16(13)8-12(11)2)10-20-25(23,24)17-6-4-3-5-15(17)19/h3-9,20H,10H2,1-2H3,(H,21,22). The van der Waals surface area contributed by atoms with Crippen LogP contribution in [0.4, 0.5) is 0 Å². The van der Waals surface area contributed by atoms with E-state index in [4.69, 9.17) is 11.6 Å². The van der Waals surface area contributed by atoms with E-state index in [1.54, 1.807) is 18.2 Å². The summed E-state index contributed by atoms with van der Waals surface area (Å²) in [6.45, 7) is 3.84. The van der Waals surface area contributed by atoms with E-state index in [0.29, 0.717) is 5.56 Å². The highest BCUT2D eigenvalue weighted by Gasteiger charge is 2.17. The minimum Gasteiger partial charge on any atom is -0.322 e. The number of nitrogens with one attached hydrogen (secondary N) is 2. The number of rotatable bonds is 4. The average Bonchev–Trinajstić information content (AvgIpc) is 2.55. The van der Waals surface area contributed by atoms with Crippen molar-refractivity contribution in [3.05, 3.63) is 74.5 Å². The second-order valence-corrected chi connectivity index (χ2v) is 8.04. The van der Waals surface area contributed by atoms with Crippen molar-refractivity contribution in [2.45, 2.75) is 25.3 Å². The second kappa shape index (κ2) is 6.63. The summed E-state index contributed by atoms with van der Waals surface area (Å²) in [5, 5.41) is 0.989. The molecule has 130 valence electrons. The Morgan fingerprint density at radius 1 is 1.08 bits per heavy atom. The molecule has 2 N–H and O–H groups in total. The van der Waals surface area contributed by atoms with Crippen molar-refractivity contribution in [3.8, 4) is 0 Å².